The second-order valence-electron chi connectivity index (χ2n) is 5.11. The first kappa shape index (κ1) is 14.8. The molecule has 116 valence electrons. The van der Waals surface area contributed by atoms with Gasteiger partial charge in [0.1, 0.15) is 6.61 Å². The number of rotatable bonds is 5. The maximum absolute atomic E-state index is 12.4. The number of aromatic amines is 1. The number of hydrogen-bond donors (Lipinski definition) is 1. The largest absolute Gasteiger partial charge is 0.482 e. The first-order chi connectivity index (χ1) is 11.2. The topological polar surface area (TPSA) is 64.1 Å². The van der Waals surface area contributed by atoms with Crippen molar-refractivity contribution in [1.29, 1.82) is 0 Å². The molecule has 0 spiro atoms. The maximum atomic E-state index is 12.4. The Labute approximate surface area is 132 Å². The average Bonchev–Trinajstić information content (AvgIpc) is 2.60. The summed E-state index contributed by atoms with van der Waals surface area (Å²) in [5, 5.41) is 0. The van der Waals surface area contributed by atoms with E-state index in [0.29, 0.717) is 0 Å². The van der Waals surface area contributed by atoms with E-state index in [9.17, 15) is 9.59 Å². The molecule has 0 unspecified atom stereocenters. The summed E-state index contributed by atoms with van der Waals surface area (Å²) in [4.78, 5) is 26.9. The van der Waals surface area contributed by atoms with Gasteiger partial charge in [0.05, 0.1) is 12.7 Å². The molecular formula is C18H16N2O3. The minimum Gasteiger partial charge on any atom is -0.482 e. The van der Waals surface area contributed by atoms with Gasteiger partial charge in [-0.3, -0.25) is 9.36 Å². The van der Waals surface area contributed by atoms with Gasteiger partial charge < -0.3 is 9.72 Å². The third-order valence-electron chi connectivity index (χ3n) is 3.45. The van der Waals surface area contributed by atoms with Crippen molar-refractivity contribution in [2.75, 3.05) is 0 Å². The van der Waals surface area contributed by atoms with Crippen LogP contribution in [-0.2, 0) is 13.2 Å². The van der Waals surface area contributed by atoms with Gasteiger partial charge in [-0.25, -0.2) is 4.79 Å². The van der Waals surface area contributed by atoms with Crippen LogP contribution in [-0.4, -0.2) is 9.55 Å². The highest BCUT2D eigenvalue weighted by atomic mass is 16.5. The number of nitrogens with one attached hydrogen (secondary N) is 1. The third kappa shape index (κ3) is 3.58. The molecular weight excluding hydrogens is 292 g/mol. The molecule has 5 heteroatoms. The normalized spacial score (nSPS) is 10.4. The number of benzene rings is 2. The number of H-pyrrole nitrogens is 1. The highest BCUT2D eigenvalue weighted by molar-refractivity contribution is 5.19. The third-order valence-corrected chi connectivity index (χ3v) is 3.45. The molecule has 0 aliphatic carbocycles. The number of ether oxygens (including phenoxy) is 1. The van der Waals surface area contributed by atoms with Crippen LogP contribution in [0.25, 0.3) is 0 Å². The molecule has 0 saturated heterocycles. The van der Waals surface area contributed by atoms with Crippen LogP contribution in [0.15, 0.2) is 76.4 Å². The summed E-state index contributed by atoms with van der Waals surface area (Å²) in [7, 11) is 0. The summed E-state index contributed by atoms with van der Waals surface area (Å²) in [5.74, 6) is 0.129. The smallest absolute Gasteiger partial charge is 0.328 e. The van der Waals surface area contributed by atoms with E-state index in [1.807, 2.05) is 60.7 Å². The molecule has 0 amide bonds. The first-order valence-corrected chi connectivity index (χ1v) is 7.27. The van der Waals surface area contributed by atoms with Crippen molar-refractivity contribution in [3.05, 3.63) is 98.8 Å². The molecule has 2 aromatic carbocycles. The summed E-state index contributed by atoms with van der Waals surface area (Å²) in [6.07, 6.45) is 1.31. The Bertz CT molecular complexity index is 883. The van der Waals surface area contributed by atoms with Gasteiger partial charge >= 0.3 is 5.69 Å². The number of aromatic nitrogens is 2. The zero-order chi connectivity index (χ0) is 16.1. The predicted octanol–water partition coefficient (Wildman–Crippen LogP) is 2.16. The summed E-state index contributed by atoms with van der Waals surface area (Å²) in [5.41, 5.74) is 0.937. The lowest BCUT2D eigenvalue weighted by Crippen LogP contribution is -2.35. The first-order valence-electron chi connectivity index (χ1n) is 7.27. The average molecular weight is 308 g/mol. The number of nitrogens with zero attached hydrogens (tertiary/aromatic N) is 1. The van der Waals surface area contributed by atoms with E-state index >= 15 is 0 Å². The molecule has 0 radical (unpaired) electrons. The summed E-state index contributed by atoms with van der Waals surface area (Å²) in [6, 6.07) is 18.9. The maximum Gasteiger partial charge on any atom is 0.328 e. The molecule has 0 atom stereocenters. The molecule has 1 N–H and O–H groups in total. The summed E-state index contributed by atoms with van der Waals surface area (Å²) in [6.45, 7) is 0.477. The Hall–Kier alpha value is -3.08. The van der Waals surface area contributed by atoms with E-state index in [0.717, 1.165) is 15.7 Å². The highest BCUT2D eigenvalue weighted by Gasteiger charge is 2.09. The zero-order valence-corrected chi connectivity index (χ0v) is 12.4. The molecule has 1 aromatic heterocycles. The Kier molecular flexibility index (Phi) is 4.38. The van der Waals surface area contributed by atoms with Gasteiger partial charge in [-0.15, -0.1) is 0 Å². The molecule has 0 fully saturated rings. The molecule has 0 aliphatic heterocycles. The minimum absolute atomic E-state index is 0.129. The quantitative estimate of drug-likeness (QED) is 0.785. The van der Waals surface area contributed by atoms with E-state index in [1.54, 1.807) is 0 Å². The SMILES string of the molecule is O=c1[nH]cc(OCc2ccccc2)c(=O)n1Cc1ccccc1. The second kappa shape index (κ2) is 6.79. The van der Waals surface area contributed by atoms with Crippen LogP contribution in [0.2, 0.25) is 0 Å². The molecule has 5 nitrogen and oxygen atoms in total. The Morgan fingerprint density at radius 3 is 2.13 bits per heavy atom. The second-order valence-corrected chi connectivity index (χ2v) is 5.11. The van der Waals surface area contributed by atoms with Crippen LogP contribution in [0, 0.1) is 0 Å². The van der Waals surface area contributed by atoms with Crippen LogP contribution in [0.4, 0.5) is 0 Å². The van der Waals surface area contributed by atoms with E-state index in [4.69, 9.17) is 4.74 Å². The van der Waals surface area contributed by atoms with E-state index in [1.165, 1.54) is 6.20 Å². The van der Waals surface area contributed by atoms with Crippen LogP contribution in [0.5, 0.6) is 5.75 Å². The summed E-state index contributed by atoms with van der Waals surface area (Å²) >= 11 is 0. The van der Waals surface area contributed by atoms with Crippen molar-refractivity contribution in [3.8, 4) is 5.75 Å². The van der Waals surface area contributed by atoms with E-state index < -0.39 is 11.2 Å². The van der Waals surface area contributed by atoms with Gasteiger partial charge in [0.25, 0.3) is 5.56 Å². The molecule has 23 heavy (non-hydrogen) atoms. The van der Waals surface area contributed by atoms with Crippen molar-refractivity contribution < 1.29 is 4.74 Å². The van der Waals surface area contributed by atoms with Crippen LogP contribution in [0.3, 0.4) is 0 Å². The lowest BCUT2D eigenvalue weighted by Gasteiger charge is -2.09. The highest BCUT2D eigenvalue weighted by Crippen LogP contribution is 2.06. The molecule has 0 aliphatic rings. The monoisotopic (exact) mass is 308 g/mol. The van der Waals surface area contributed by atoms with Gasteiger partial charge in [-0.1, -0.05) is 60.7 Å². The fraction of sp³-hybridized carbons (Fsp3) is 0.111. The fourth-order valence-corrected chi connectivity index (χ4v) is 2.24. The fourth-order valence-electron chi connectivity index (χ4n) is 2.24. The standard InChI is InChI=1S/C18H16N2O3/c21-17-16(23-13-15-9-5-2-6-10-15)11-19-18(22)20(17)12-14-7-3-1-4-8-14/h1-11H,12-13H2,(H,19,22). The minimum atomic E-state index is -0.453. The van der Waals surface area contributed by atoms with Crippen molar-refractivity contribution in [2.24, 2.45) is 0 Å². The molecule has 1 heterocycles. The lowest BCUT2D eigenvalue weighted by atomic mass is 10.2. The Morgan fingerprint density at radius 2 is 1.48 bits per heavy atom. The molecule has 3 aromatic rings. The van der Waals surface area contributed by atoms with Gasteiger partial charge in [-0.05, 0) is 11.1 Å². The molecule has 3 rings (SSSR count). The van der Waals surface area contributed by atoms with Gasteiger partial charge in [0.2, 0.25) is 5.75 Å². The van der Waals surface area contributed by atoms with Crippen LogP contribution < -0.4 is 16.0 Å². The van der Waals surface area contributed by atoms with Crippen molar-refractivity contribution in [2.45, 2.75) is 13.2 Å². The van der Waals surface area contributed by atoms with E-state index in [-0.39, 0.29) is 18.9 Å². The van der Waals surface area contributed by atoms with Gasteiger partial charge in [-0.2, -0.15) is 0 Å². The number of hydrogen-bond acceptors (Lipinski definition) is 3. The lowest BCUT2D eigenvalue weighted by molar-refractivity contribution is 0.297. The van der Waals surface area contributed by atoms with Crippen LogP contribution in [0.1, 0.15) is 11.1 Å². The Morgan fingerprint density at radius 1 is 0.870 bits per heavy atom. The van der Waals surface area contributed by atoms with Crippen LogP contribution >= 0.6 is 0 Å². The van der Waals surface area contributed by atoms with Crippen molar-refractivity contribution in [1.82, 2.24) is 9.55 Å². The van der Waals surface area contributed by atoms with Crippen molar-refractivity contribution >= 4 is 0 Å². The predicted molar refractivity (Wildman–Crippen MR) is 87.6 cm³/mol. The van der Waals surface area contributed by atoms with Gasteiger partial charge in [0, 0.05) is 0 Å². The van der Waals surface area contributed by atoms with Gasteiger partial charge in [0.15, 0.2) is 0 Å². The van der Waals surface area contributed by atoms with Crippen molar-refractivity contribution in [3.63, 3.8) is 0 Å². The Balaban J connectivity index is 1.84. The molecule has 0 saturated carbocycles. The van der Waals surface area contributed by atoms with E-state index in [2.05, 4.69) is 4.98 Å². The molecule has 0 bridgehead atoms. The summed E-state index contributed by atoms with van der Waals surface area (Å²) < 4.78 is 6.69. The zero-order valence-electron chi connectivity index (χ0n) is 12.4.